The Labute approximate surface area is 175 Å². The van der Waals surface area contributed by atoms with Crippen molar-refractivity contribution >= 4 is 24.8 Å². The summed E-state index contributed by atoms with van der Waals surface area (Å²) < 4.78 is 10.7. The van der Waals surface area contributed by atoms with E-state index in [9.17, 15) is 0 Å². The third kappa shape index (κ3) is 6.89. The van der Waals surface area contributed by atoms with Crippen molar-refractivity contribution < 1.29 is 9.47 Å². The molecule has 6 heteroatoms. The van der Waals surface area contributed by atoms with Gasteiger partial charge in [-0.1, -0.05) is 36.4 Å². The first-order valence-electron chi connectivity index (χ1n) is 8.99. The standard InChI is InChI=1S/C21H28N2O2.2ClH/c1-24-20-11-9-17(14-21(20)25-2)8-10-19-16-23(13-12-22-19)15-18-6-4-3-5-7-18;;/h3-7,9,11,14,19,22H,8,10,12-13,15-16H2,1-2H3;2*1H. The summed E-state index contributed by atoms with van der Waals surface area (Å²) in [6, 6.07) is 17.5. The third-order valence-electron chi connectivity index (χ3n) is 4.82. The highest BCUT2D eigenvalue weighted by Crippen LogP contribution is 2.28. The molecule has 0 aromatic heterocycles. The van der Waals surface area contributed by atoms with Crippen LogP contribution in [0.3, 0.4) is 0 Å². The van der Waals surface area contributed by atoms with Crippen LogP contribution in [0, 0.1) is 0 Å². The monoisotopic (exact) mass is 412 g/mol. The largest absolute Gasteiger partial charge is 0.493 e. The minimum atomic E-state index is 0. The Morgan fingerprint density at radius 2 is 1.70 bits per heavy atom. The number of hydrogen-bond donors (Lipinski definition) is 1. The van der Waals surface area contributed by atoms with E-state index in [1.54, 1.807) is 14.2 Å². The zero-order valence-electron chi connectivity index (χ0n) is 16.0. The lowest BCUT2D eigenvalue weighted by Crippen LogP contribution is -2.50. The molecule has 0 amide bonds. The van der Waals surface area contributed by atoms with Crippen LogP contribution in [0.4, 0.5) is 0 Å². The number of aryl methyl sites for hydroxylation is 1. The van der Waals surface area contributed by atoms with E-state index in [0.717, 1.165) is 50.5 Å². The molecule has 1 atom stereocenters. The molecule has 27 heavy (non-hydrogen) atoms. The molecular weight excluding hydrogens is 383 g/mol. The van der Waals surface area contributed by atoms with Crippen molar-refractivity contribution in [2.24, 2.45) is 0 Å². The fraction of sp³-hybridized carbons (Fsp3) is 0.429. The first kappa shape index (κ1) is 23.6. The molecule has 1 saturated heterocycles. The highest BCUT2D eigenvalue weighted by molar-refractivity contribution is 5.85. The van der Waals surface area contributed by atoms with Gasteiger partial charge in [0.1, 0.15) is 0 Å². The van der Waals surface area contributed by atoms with E-state index in [2.05, 4.69) is 52.7 Å². The first-order valence-corrected chi connectivity index (χ1v) is 8.99. The first-order chi connectivity index (χ1) is 12.3. The van der Waals surface area contributed by atoms with E-state index >= 15 is 0 Å². The maximum atomic E-state index is 5.40. The SMILES string of the molecule is COc1ccc(CCC2CN(Cc3ccccc3)CCN2)cc1OC.Cl.Cl. The molecular formula is C21H30Cl2N2O2. The van der Waals surface area contributed by atoms with E-state index in [1.807, 2.05) is 6.07 Å². The van der Waals surface area contributed by atoms with Crippen LogP contribution < -0.4 is 14.8 Å². The second-order valence-electron chi connectivity index (χ2n) is 6.60. The molecule has 0 saturated carbocycles. The van der Waals surface area contributed by atoms with Gasteiger partial charge < -0.3 is 14.8 Å². The molecule has 3 rings (SSSR count). The van der Waals surface area contributed by atoms with Gasteiger partial charge in [0, 0.05) is 32.2 Å². The number of halogens is 2. The molecule has 1 aliphatic rings. The van der Waals surface area contributed by atoms with Gasteiger partial charge in [-0.05, 0) is 36.1 Å². The molecule has 1 fully saturated rings. The molecule has 4 nitrogen and oxygen atoms in total. The van der Waals surface area contributed by atoms with Crippen molar-refractivity contribution in [2.45, 2.75) is 25.4 Å². The van der Waals surface area contributed by atoms with Crippen LogP contribution in [0.2, 0.25) is 0 Å². The number of piperazine rings is 1. The molecule has 2 aromatic rings. The summed E-state index contributed by atoms with van der Waals surface area (Å²) in [6.07, 6.45) is 2.16. The summed E-state index contributed by atoms with van der Waals surface area (Å²) in [5.74, 6) is 1.60. The molecule has 0 bridgehead atoms. The summed E-state index contributed by atoms with van der Waals surface area (Å²) in [5, 5.41) is 3.66. The molecule has 150 valence electrons. The molecule has 1 aliphatic heterocycles. The van der Waals surface area contributed by atoms with Gasteiger partial charge in [-0.25, -0.2) is 0 Å². The zero-order chi connectivity index (χ0) is 17.5. The number of nitrogens with zero attached hydrogens (tertiary/aromatic N) is 1. The molecule has 0 aliphatic carbocycles. The Bertz CT molecular complexity index is 670. The Kier molecular flexibility index (Phi) is 10.6. The van der Waals surface area contributed by atoms with Gasteiger partial charge >= 0.3 is 0 Å². The summed E-state index contributed by atoms with van der Waals surface area (Å²) in [7, 11) is 3.36. The van der Waals surface area contributed by atoms with Crippen LogP contribution in [-0.2, 0) is 13.0 Å². The van der Waals surface area contributed by atoms with Crippen LogP contribution >= 0.6 is 24.8 Å². The maximum absolute atomic E-state index is 5.40. The molecule has 1 unspecified atom stereocenters. The predicted octanol–water partition coefficient (Wildman–Crippen LogP) is 3.95. The molecule has 1 N–H and O–H groups in total. The van der Waals surface area contributed by atoms with E-state index in [4.69, 9.17) is 9.47 Å². The Balaban J connectivity index is 0.00000182. The maximum Gasteiger partial charge on any atom is 0.160 e. The van der Waals surface area contributed by atoms with Crippen molar-refractivity contribution in [3.8, 4) is 11.5 Å². The fourth-order valence-electron chi connectivity index (χ4n) is 3.45. The lowest BCUT2D eigenvalue weighted by molar-refractivity contribution is 0.187. The van der Waals surface area contributed by atoms with Crippen molar-refractivity contribution in [3.63, 3.8) is 0 Å². The number of nitrogens with one attached hydrogen (secondary N) is 1. The van der Waals surface area contributed by atoms with Crippen LogP contribution in [0.25, 0.3) is 0 Å². The van der Waals surface area contributed by atoms with Crippen molar-refractivity contribution in [3.05, 3.63) is 59.7 Å². The highest BCUT2D eigenvalue weighted by atomic mass is 35.5. The number of rotatable bonds is 7. The van der Waals surface area contributed by atoms with Gasteiger partial charge in [-0.3, -0.25) is 4.90 Å². The van der Waals surface area contributed by atoms with Gasteiger partial charge in [0.2, 0.25) is 0 Å². The minimum absolute atomic E-state index is 0. The number of hydrogen-bond acceptors (Lipinski definition) is 4. The average molecular weight is 413 g/mol. The number of methoxy groups -OCH3 is 2. The Hall–Kier alpha value is -1.46. The van der Waals surface area contributed by atoms with Gasteiger partial charge in [0.15, 0.2) is 11.5 Å². The van der Waals surface area contributed by atoms with Gasteiger partial charge in [0.25, 0.3) is 0 Å². The van der Waals surface area contributed by atoms with Crippen LogP contribution in [0.5, 0.6) is 11.5 Å². The second-order valence-corrected chi connectivity index (χ2v) is 6.60. The number of benzene rings is 2. The van der Waals surface area contributed by atoms with Gasteiger partial charge in [-0.2, -0.15) is 0 Å². The second kappa shape index (κ2) is 12.1. The topological polar surface area (TPSA) is 33.7 Å². The van der Waals surface area contributed by atoms with Crippen molar-refractivity contribution in [2.75, 3.05) is 33.9 Å². The van der Waals surface area contributed by atoms with Crippen LogP contribution in [0.15, 0.2) is 48.5 Å². The lowest BCUT2D eigenvalue weighted by Gasteiger charge is -2.34. The van der Waals surface area contributed by atoms with E-state index in [-0.39, 0.29) is 24.8 Å². The average Bonchev–Trinajstić information content (AvgIpc) is 2.67. The van der Waals surface area contributed by atoms with Crippen molar-refractivity contribution in [1.82, 2.24) is 10.2 Å². The predicted molar refractivity (Wildman–Crippen MR) is 116 cm³/mol. The van der Waals surface area contributed by atoms with Crippen LogP contribution in [-0.4, -0.2) is 44.8 Å². The normalized spacial score (nSPS) is 16.7. The number of ether oxygens (including phenoxy) is 2. The molecule has 1 heterocycles. The fourth-order valence-corrected chi connectivity index (χ4v) is 3.45. The van der Waals surface area contributed by atoms with Gasteiger partial charge in [-0.15, -0.1) is 24.8 Å². The quantitative estimate of drug-likeness (QED) is 0.745. The molecule has 0 spiro atoms. The highest BCUT2D eigenvalue weighted by Gasteiger charge is 2.19. The van der Waals surface area contributed by atoms with Gasteiger partial charge in [0.05, 0.1) is 14.2 Å². The summed E-state index contributed by atoms with van der Waals surface area (Å²) in [6.45, 7) is 4.31. The van der Waals surface area contributed by atoms with E-state index in [0.29, 0.717) is 6.04 Å². The third-order valence-corrected chi connectivity index (χ3v) is 4.82. The molecule has 2 aromatic carbocycles. The minimum Gasteiger partial charge on any atom is -0.493 e. The zero-order valence-corrected chi connectivity index (χ0v) is 17.7. The summed E-state index contributed by atoms with van der Waals surface area (Å²) in [4.78, 5) is 2.55. The summed E-state index contributed by atoms with van der Waals surface area (Å²) >= 11 is 0. The molecule has 0 radical (unpaired) electrons. The summed E-state index contributed by atoms with van der Waals surface area (Å²) in [5.41, 5.74) is 2.68. The Morgan fingerprint density at radius 3 is 2.41 bits per heavy atom. The smallest absolute Gasteiger partial charge is 0.160 e. The van der Waals surface area contributed by atoms with Crippen LogP contribution in [0.1, 0.15) is 17.5 Å². The lowest BCUT2D eigenvalue weighted by atomic mass is 10.0. The van der Waals surface area contributed by atoms with E-state index < -0.39 is 0 Å². The van der Waals surface area contributed by atoms with Crippen molar-refractivity contribution in [1.29, 1.82) is 0 Å². The van der Waals surface area contributed by atoms with E-state index in [1.165, 1.54) is 11.1 Å². The Morgan fingerprint density at radius 1 is 0.963 bits per heavy atom.